The van der Waals surface area contributed by atoms with Gasteiger partial charge < -0.3 is 15.0 Å². The second kappa shape index (κ2) is 5.48. The summed E-state index contributed by atoms with van der Waals surface area (Å²) in [5, 5.41) is 3.72. The van der Waals surface area contributed by atoms with Crippen LogP contribution in [0.3, 0.4) is 0 Å². The lowest BCUT2D eigenvalue weighted by atomic mass is 9.99. The van der Waals surface area contributed by atoms with E-state index in [-0.39, 0.29) is 0 Å². The molecule has 2 unspecified atom stereocenters. The molecule has 1 saturated carbocycles. The van der Waals surface area contributed by atoms with Crippen LogP contribution in [0, 0.1) is 11.8 Å². The Bertz CT molecular complexity index is 214. The molecular weight excluding hydrogens is 200 g/mol. The van der Waals surface area contributed by atoms with E-state index in [4.69, 9.17) is 4.74 Å². The zero-order valence-electron chi connectivity index (χ0n) is 10.9. The minimum Gasteiger partial charge on any atom is -0.374 e. The molecule has 3 heteroatoms. The Kier molecular flexibility index (Phi) is 4.22. The van der Waals surface area contributed by atoms with E-state index in [0.717, 1.165) is 38.1 Å². The zero-order chi connectivity index (χ0) is 11.5. The minimum absolute atomic E-state index is 0.388. The predicted octanol–water partition coefficient (Wildman–Crippen LogP) is 1.34. The highest BCUT2D eigenvalue weighted by Crippen LogP contribution is 2.35. The summed E-state index contributed by atoms with van der Waals surface area (Å²) in [6, 6.07) is 0.704. The first-order chi connectivity index (χ1) is 7.66. The number of ether oxygens (including phenoxy) is 1. The molecule has 1 N–H and O–H groups in total. The molecule has 1 aliphatic heterocycles. The van der Waals surface area contributed by atoms with Crippen molar-refractivity contribution in [2.75, 3.05) is 33.3 Å². The van der Waals surface area contributed by atoms with Gasteiger partial charge in [-0.05, 0) is 31.7 Å². The number of hydrogen-bond acceptors (Lipinski definition) is 3. The maximum atomic E-state index is 5.77. The highest BCUT2D eigenvalue weighted by atomic mass is 16.5. The molecule has 0 spiro atoms. The van der Waals surface area contributed by atoms with Crippen LogP contribution in [0.25, 0.3) is 0 Å². The Morgan fingerprint density at radius 2 is 2.12 bits per heavy atom. The van der Waals surface area contributed by atoms with Gasteiger partial charge in [-0.1, -0.05) is 13.8 Å². The minimum atomic E-state index is 0.388. The highest BCUT2D eigenvalue weighted by Gasteiger charge is 2.33. The highest BCUT2D eigenvalue weighted by molar-refractivity contribution is 4.89. The largest absolute Gasteiger partial charge is 0.374 e. The molecule has 3 nitrogen and oxygen atoms in total. The third-order valence-corrected chi connectivity index (χ3v) is 3.77. The van der Waals surface area contributed by atoms with E-state index in [2.05, 4.69) is 31.1 Å². The molecule has 0 amide bonds. The molecule has 2 fully saturated rings. The van der Waals surface area contributed by atoms with Crippen LogP contribution in [0.1, 0.15) is 26.7 Å². The standard InChI is InChI=1S/C13H26N2O/c1-10(2)13(11-4-5-11)14-8-12-9-15(3)6-7-16-12/h10-14H,4-9H2,1-3H3. The Morgan fingerprint density at radius 3 is 2.69 bits per heavy atom. The van der Waals surface area contributed by atoms with Crippen LogP contribution in [-0.2, 0) is 4.74 Å². The van der Waals surface area contributed by atoms with Crippen molar-refractivity contribution in [2.24, 2.45) is 11.8 Å². The predicted molar refractivity (Wildman–Crippen MR) is 66.6 cm³/mol. The van der Waals surface area contributed by atoms with Crippen LogP contribution in [0.15, 0.2) is 0 Å². The van der Waals surface area contributed by atoms with Crippen molar-refractivity contribution in [2.45, 2.75) is 38.8 Å². The first-order valence-electron chi connectivity index (χ1n) is 6.70. The van der Waals surface area contributed by atoms with Crippen LogP contribution in [-0.4, -0.2) is 50.3 Å². The van der Waals surface area contributed by atoms with Gasteiger partial charge in [0.2, 0.25) is 0 Å². The second-order valence-electron chi connectivity index (χ2n) is 5.77. The summed E-state index contributed by atoms with van der Waals surface area (Å²) < 4.78 is 5.77. The van der Waals surface area contributed by atoms with E-state index in [1.165, 1.54) is 12.8 Å². The normalized spacial score (nSPS) is 29.6. The molecule has 1 aliphatic carbocycles. The van der Waals surface area contributed by atoms with Gasteiger partial charge in [0.05, 0.1) is 12.7 Å². The third-order valence-electron chi connectivity index (χ3n) is 3.77. The van der Waals surface area contributed by atoms with Gasteiger partial charge in [0.25, 0.3) is 0 Å². The van der Waals surface area contributed by atoms with Gasteiger partial charge in [-0.2, -0.15) is 0 Å². The van der Waals surface area contributed by atoms with Crippen LogP contribution in [0.2, 0.25) is 0 Å². The average Bonchev–Trinajstić information content (AvgIpc) is 3.02. The summed E-state index contributed by atoms with van der Waals surface area (Å²) >= 11 is 0. The van der Waals surface area contributed by atoms with Gasteiger partial charge in [-0.3, -0.25) is 0 Å². The average molecular weight is 226 g/mol. The number of likely N-dealkylation sites (N-methyl/N-ethyl adjacent to an activating group) is 1. The van der Waals surface area contributed by atoms with Gasteiger partial charge >= 0.3 is 0 Å². The lowest BCUT2D eigenvalue weighted by molar-refractivity contribution is -0.0202. The lowest BCUT2D eigenvalue weighted by Gasteiger charge is -2.32. The van der Waals surface area contributed by atoms with Gasteiger partial charge in [0.15, 0.2) is 0 Å². The van der Waals surface area contributed by atoms with Crippen LogP contribution < -0.4 is 5.32 Å². The van der Waals surface area contributed by atoms with E-state index < -0.39 is 0 Å². The molecule has 0 aromatic carbocycles. The molecular formula is C13H26N2O. The molecule has 1 heterocycles. The number of hydrogen-bond donors (Lipinski definition) is 1. The van der Waals surface area contributed by atoms with E-state index in [0.29, 0.717) is 12.1 Å². The molecule has 0 bridgehead atoms. The smallest absolute Gasteiger partial charge is 0.0826 e. The molecule has 0 aromatic heterocycles. The summed E-state index contributed by atoms with van der Waals surface area (Å²) in [5.74, 6) is 1.68. The number of nitrogens with zero attached hydrogens (tertiary/aromatic N) is 1. The van der Waals surface area contributed by atoms with Gasteiger partial charge in [-0.15, -0.1) is 0 Å². The first kappa shape index (κ1) is 12.3. The summed E-state index contributed by atoms with van der Waals surface area (Å²) in [7, 11) is 2.18. The van der Waals surface area contributed by atoms with Crippen molar-refractivity contribution in [1.82, 2.24) is 10.2 Å². The monoisotopic (exact) mass is 226 g/mol. The zero-order valence-corrected chi connectivity index (χ0v) is 10.9. The fraction of sp³-hybridized carbons (Fsp3) is 1.00. The van der Waals surface area contributed by atoms with Crippen molar-refractivity contribution in [3.63, 3.8) is 0 Å². The van der Waals surface area contributed by atoms with E-state index >= 15 is 0 Å². The maximum absolute atomic E-state index is 5.77. The topological polar surface area (TPSA) is 24.5 Å². The number of nitrogens with one attached hydrogen (secondary N) is 1. The van der Waals surface area contributed by atoms with Crippen molar-refractivity contribution in [1.29, 1.82) is 0 Å². The van der Waals surface area contributed by atoms with Crippen molar-refractivity contribution in [3.05, 3.63) is 0 Å². The number of morpholine rings is 1. The molecule has 16 heavy (non-hydrogen) atoms. The Morgan fingerprint density at radius 1 is 1.38 bits per heavy atom. The molecule has 94 valence electrons. The molecule has 0 aromatic rings. The fourth-order valence-electron chi connectivity index (χ4n) is 2.66. The van der Waals surface area contributed by atoms with Crippen LogP contribution in [0.4, 0.5) is 0 Å². The van der Waals surface area contributed by atoms with Gasteiger partial charge in [-0.25, -0.2) is 0 Å². The SMILES string of the molecule is CC(C)C(NCC1CN(C)CCO1)C1CC1. The summed E-state index contributed by atoms with van der Waals surface area (Å²) in [5.41, 5.74) is 0. The third kappa shape index (κ3) is 3.44. The second-order valence-corrected chi connectivity index (χ2v) is 5.77. The van der Waals surface area contributed by atoms with Crippen molar-refractivity contribution < 1.29 is 4.74 Å². The van der Waals surface area contributed by atoms with Crippen LogP contribution >= 0.6 is 0 Å². The fourth-order valence-corrected chi connectivity index (χ4v) is 2.66. The molecule has 0 radical (unpaired) electrons. The quantitative estimate of drug-likeness (QED) is 0.765. The van der Waals surface area contributed by atoms with Gasteiger partial charge in [0, 0.05) is 25.7 Å². The Labute approximate surface area is 99.5 Å². The van der Waals surface area contributed by atoms with E-state index in [1.807, 2.05) is 0 Å². The molecule has 2 aliphatic rings. The summed E-state index contributed by atoms with van der Waals surface area (Å²) in [6.45, 7) is 8.70. The lowest BCUT2D eigenvalue weighted by Crippen LogP contribution is -2.48. The molecule has 2 atom stereocenters. The van der Waals surface area contributed by atoms with Gasteiger partial charge in [0.1, 0.15) is 0 Å². The number of rotatable bonds is 5. The molecule has 2 rings (SSSR count). The first-order valence-corrected chi connectivity index (χ1v) is 6.70. The Hall–Kier alpha value is -0.120. The van der Waals surface area contributed by atoms with E-state index in [1.54, 1.807) is 0 Å². The molecule has 1 saturated heterocycles. The summed E-state index contributed by atoms with van der Waals surface area (Å²) in [4.78, 5) is 2.36. The van der Waals surface area contributed by atoms with E-state index in [9.17, 15) is 0 Å². The van der Waals surface area contributed by atoms with Crippen molar-refractivity contribution >= 4 is 0 Å². The van der Waals surface area contributed by atoms with Crippen molar-refractivity contribution in [3.8, 4) is 0 Å². The Balaban J connectivity index is 1.72. The summed E-state index contributed by atoms with van der Waals surface area (Å²) in [6.07, 6.45) is 3.22. The van der Waals surface area contributed by atoms with Crippen LogP contribution in [0.5, 0.6) is 0 Å². The maximum Gasteiger partial charge on any atom is 0.0826 e.